The third kappa shape index (κ3) is 3.68. The van der Waals surface area contributed by atoms with Crippen molar-refractivity contribution in [2.45, 2.75) is 40.5 Å². The molecule has 4 nitrogen and oxygen atoms in total. The van der Waals surface area contributed by atoms with Gasteiger partial charge in [-0.1, -0.05) is 0 Å². The summed E-state index contributed by atoms with van der Waals surface area (Å²) < 4.78 is 13.0. The highest BCUT2D eigenvalue weighted by atomic mass is 16.7. The van der Waals surface area contributed by atoms with E-state index in [4.69, 9.17) is 9.47 Å². The normalized spacial score (nSPS) is 11.1. The third-order valence-corrected chi connectivity index (χ3v) is 2.67. The van der Waals surface area contributed by atoms with Crippen LogP contribution in [0.2, 0.25) is 0 Å². The molecule has 0 aliphatic carbocycles. The largest absolute Gasteiger partial charge is 0.351 e. The maximum atomic E-state index is 11.3. The molecule has 0 aliphatic heterocycles. The Morgan fingerprint density at radius 1 is 1.35 bits per heavy atom. The first kappa shape index (κ1) is 13.9. The Balaban J connectivity index is 2.75. The molecule has 0 aliphatic rings. The molecule has 1 aromatic heterocycles. The number of nitrogens with zero attached hydrogens (tertiary/aromatic N) is 1. The Morgan fingerprint density at radius 3 is 2.35 bits per heavy atom. The number of carbonyl (C=O) groups excluding carboxylic acids is 1. The van der Waals surface area contributed by atoms with E-state index in [9.17, 15) is 4.79 Å². The van der Waals surface area contributed by atoms with Crippen LogP contribution in [-0.4, -0.2) is 29.9 Å². The van der Waals surface area contributed by atoms with Crippen LogP contribution in [0.15, 0.2) is 12.3 Å². The second-order valence-corrected chi connectivity index (χ2v) is 3.86. The lowest BCUT2D eigenvalue weighted by atomic mass is 10.2. The monoisotopic (exact) mass is 239 g/mol. The number of rotatable bonds is 7. The van der Waals surface area contributed by atoms with Crippen molar-refractivity contribution in [2.24, 2.45) is 0 Å². The zero-order valence-corrected chi connectivity index (χ0v) is 11.0. The number of aromatic nitrogens is 1. The summed E-state index contributed by atoms with van der Waals surface area (Å²) in [4.78, 5) is 11.3. The van der Waals surface area contributed by atoms with Gasteiger partial charge in [0.2, 0.25) is 0 Å². The second kappa shape index (κ2) is 6.57. The van der Waals surface area contributed by atoms with Crippen LogP contribution in [0.25, 0.3) is 0 Å². The van der Waals surface area contributed by atoms with Crippen LogP contribution in [0.3, 0.4) is 0 Å². The number of hydrogen-bond acceptors (Lipinski definition) is 3. The van der Waals surface area contributed by atoms with Gasteiger partial charge in [0, 0.05) is 30.7 Å². The number of carbonyl (C=O) groups is 1. The molecule has 0 unspecified atom stereocenters. The van der Waals surface area contributed by atoms with E-state index in [2.05, 4.69) is 0 Å². The molecule has 0 saturated heterocycles. The van der Waals surface area contributed by atoms with Gasteiger partial charge in [0.1, 0.15) is 0 Å². The van der Waals surface area contributed by atoms with Gasteiger partial charge in [-0.25, -0.2) is 0 Å². The highest BCUT2D eigenvalue weighted by Crippen LogP contribution is 2.12. The quantitative estimate of drug-likeness (QED) is 0.542. The summed E-state index contributed by atoms with van der Waals surface area (Å²) in [6, 6.07) is 1.84. The molecular formula is C13H21NO3. The van der Waals surface area contributed by atoms with E-state index >= 15 is 0 Å². The molecule has 0 saturated carbocycles. The Labute approximate surface area is 103 Å². The van der Waals surface area contributed by atoms with E-state index in [1.165, 1.54) is 0 Å². The van der Waals surface area contributed by atoms with Gasteiger partial charge in [0.25, 0.3) is 0 Å². The van der Waals surface area contributed by atoms with Gasteiger partial charge in [-0.05, 0) is 33.8 Å². The first-order valence-electron chi connectivity index (χ1n) is 6.00. The highest BCUT2D eigenvalue weighted by Gasteiger charge is 2.13. The van der Waals surface area contributed by atoms with Crippen molar-refractivity contribution in [1.82, 2.24) is 4.57 Å². The molecule has 1 rings (SSSR count). The molecular weight excluding hydrogens is 218 g/mol. The van der Waals surface area contributed by atoms with Crippen molar-refractivity contribution in [1.29, 1.82) is 0 Å². The average molecular weight is 239 g/mol. The van der Waals surface area contributed by atoms with Crippen LogP contribution in [0.1, 0.15) is 36.8 Å². The van der Waals surface area contributed by atoms with Crippen LogP contribution in [0.5, 0.6) is 0 Å². The number of hydrogen-bond donors (Lipinski definition) is 0. The molecule has 4 heteroatoms. The van der Waals surface area contributed by atoms with Gasteiger partial charge in [-0.15, -0.1) is 0 Å². The van der Waals surface area contributed by atoms with Gasteiger partial charge in [-0.3, -0.25) is 4.79 Å². The van der Waals surface area contributed by atoms with Crippen LogP contribution in [-0.2, 0) is 16.0 Å². The molecule has 1 aromatic rings. The summed E-state index contributed by atoms with van der Waals surface area (Å²) in [6.45, 7) is 9.24. The predicted octanol–water partition coefficient (Wildman–Crippen LogP) is 2.40. The van der Waals surface area contributed by atoms with Crippen molar-refractivity contribution in [3.8, 4) is 0 Å². The first-order valence-corrected chi connectivity index (χ1v) is 6.00. The number of Topliss-reactive ketones (excluding diaryl/α,β-unsaturated/α-hetero) is 1. The SMILES string of the molecule is CCOC(Cn1ccc(C(C)=O)c1C)OCC. The first-order chi connectivity index (χ1) is 8.10. The molecule has 1 heterocycles. The van der Waals surface area contributed by atoms with E-state index in [0.29, 0.717) is 19.8 Å². The lowest BCUT2D eigenvalue weighted by molar-refractivity contribution is -0.143. The molecule has 0 N–H and O–H groups in total. The third-order valence-electron chi connectivity index (χ3n) is 2.67. The average Bonchev–Trinajstić information content (AvgIpc) is 2.61. The van der Waals surface area contributed by atoms with E-state index in [-0.39, 0.29) is 12.1 Å². The van der Waals surface area contributed by atoms with Crippen molar-refractivity contribution < 1.29 is 14.3 Å². The summed E-state index contributed by atoms with van der Waals surface area (Å²) in [5.74, 6) is 0.0885. The summed E-state index contributed by atoms with van der Waals surface area (Å²) in [5.41, 5.74) is 1.72. The second-order valence-electron chi connectivity index (χ2n) is 3.86. The highest BCUT2D eigenvalue weighted by molar-refractivity contribution is 5.95. The standard InChI is InChI=1S/C13H21NO3/c1-5-16-13(17-6-2)9-14-8-7-12(10(14)3)11(4)15/h7-8,13H,5-6,9H2,1-4H3. The molecule has 0 radical (unpaired) electrons. The Kier molecular flexibility index (Phi) is 5.38. The summed E-state index contributed by atoms with van der Waals surface area (Å²) in [5, 5.41) is 0. The fourth-order valence-electron chi connectivity index (χ4n) is 1.81. The van der Waals surface area contributed by atoms with Crippen molar-refractivity contribution in [3.05, 3.63) is 23.5 Å². The van der Waals surface area contributed by atoms with Gasteiger partial charge in [0.05, 0.1) is 6.54 Å². The summed E-state index contributed by atoms with van der Waals surface area (Å²) in [6.07, 6.45) is 1.65. The minimum atomic E-state index is -0.254. The van der Waals surface area contributed by atoms with Gasteiger partial charge in [-0.2, -0.15) is 0 Å². The molecule has 0 amide bonds. The van der Waals surface area contributed by atoms with Crippen LogP contribution in [0, 0.1) is 6.92 Å². The van der Waals surface area contributed by atoms with Gasteiger partial charge in [0.15, 0.2) is 12.1 Å². The fraction of sp³-hybridized carbons (Fsp3) is 0.615. The maximum absolute atomic E-state index is 11.3. The molecule has 17 heavy (non-hydrogen) atoms. The zero-order valence-electron chi connectivity index (χ0n) is 11.0. The Hall–Kier alpha value is -1.13. The van der Waals surface area contributed by atoms with Gasteiger partial charge < -0.3 is 14.0 Å². The molecule has 0 aromatic carbocycles. The molecule has 96 valence electrons. The fourth-order valence-corrected chi connectivity index (χ4v) is 1.81. The molecule has 0 atom stereocenters. The van der Waals surface area contributed by atoms with Crippen LogP contribution >= 0.6 is 0 Å². The van der Waals surface area contributed by atoms with E-state index in [0.717, 1.165) is 11.3 Å². The Morgan fingerprint density at radius 2 is 1.94 bits per heavy atom. The van der Waals surface area contributed by atoms with Crippen LogP contribution < -0.4 is 0 Å². The smallest absolute Gasteiger partial charge is 0.175 e. The van der Waals surface area contributed by atoms with Crippen molar-refractivity contribution in [2.75, 3.05) is 13.2 Å². The van der Waals surface area contributed by atoms with E-state index in [1.807, 2.05) is 37.6 Å². The Bertz CT molecular complexity index is 365. The number of ether oxygens (including phenoxy) is 2. The summed E-state index contributed by atoms with van der Waals surface area (Å²) in [7, 11) is 0. The van der Waals surface area contributed by atoms with Crippen LogP contribution in [0.4, 0.5) is 0 Å². The topological polar surface area (TPSA) is 40.5 Å². The lowest BCUT2D eigenvalue weighted by Gasteiger charge is -2.18. The van der Waals surface area contributed by atoms with Gasteiger partial charge >= 0.3 is 0 Å². The minimum absolute atomic E-state index is 0.0885. The zero-order chi connectivity index (χ0) is 12.8. The van der Waals surface area contributed by atoms with E-state index < -0.39 is 0 Å². The molecule has 0 fully saturated rings. The molecule has 0 spiro atoms. The number of ketones is 1. The predicted molar refractivity (Wildman–Crippen MR) is 66.2 cm³/mol. The van der Waals surface area contributed by atoms with E-state index in [1.54, 1.807) is 6.92 Å². The minimum Gasteiger partial charge on any atom is -0.351 e. The summed E-state index contributed by atoms with van der Waals surface area (Å²) >= 11 is 0. The lowest BCUT2D eigenvalue weighted by Crippen LogP contribution is -2.24. The van der Waals surface area contributed by atoms with Crippen molar-refractivity contribution >= 4 is 5.78 Å². The molecule has 0 bridgehead atoms. The van der Waals surface area contributed by atoms with Crippen molar-refractivity contribution in [3.63, 3.8) is 0 Å². The maximum Gasteiger partial charge on any atom is 0.175 e.